The third-order valence-electron chi connectivity index (χ3n) is 3.81. The van der Waals surface area contributed by atoms with Crippen molar-refractivity contribution in [1.82, 2.24) is 0 Å². The van der Waals surface area contributed by atoms with Crippen LogP contribution in [0.3, 0.4) is 0 Å². The van der Waals surface area contributed by atoms with Crippen molar-refractivity contribution in [2.24, 2.45) is 0 Å². The lowest BCUT2D eigenvalue weighted by Crippen LogP contribution is -2.30. The first-order valence-corrected chi connectivity index (χ1v) is 8.82. The average molecular weight is 392 g/mol. The van der Waals surface area contributed by atoms with Crippen LogP contribution in [0.4, 0.5) is 5.69 Å². The number of amides is 1. The smallest absolute Gasteiger partial charge is 0.339 e. The minimum Gasteiger partial charge on any atom is -0.493 e. The number of ether oxygens (including phenoxy) is 3. The van der Waals surface area contributed by atoms with Crippen molar-refractivity contribution >= 4 is 29.2 Å². The van der Waals surface area contributed by atoms with Crippen LogP contribution in [0.1, 0.15) is 29.8 Å². The number of hydrogen-bond donors (Lipinski definition) is 1. The topological polar surface area (TPSA) is 73.9 Å². The Morgan fingerprint density at radius 3 is 2.56 bits per heavy atom. The summed E-state index contributed by atoms with van der Waals surface area (Å²) in [5, 5.41) is 3.21. The van der Waals surface area contributed by atoms with Crippen LogP contribution in [-0.4, -0.2) is 31.7 Å². The van der Waals surface area contributed by atoms with Gasteiger partial charge in [-0.3, -0.25) is 4.79 Å². The molecule has 1 unspecified atom stereocenters. The summed E-state index contributed by atoms with van der Waals surface area (Å²) in [4.78, 5) is 24.7. The molecule has 27 heavy (non-hydrogen) atoms. The van der Waals surface area contributed by atoms with E-state index in [0.29, 0.717) is 28.8 Å². The Kier molecular flexibility index (Phi) is 7.07. The Bertz CT molecular complexity index is 837. The van der Waals surface area contributed by atoms with E-state index in [2.05, 4.69) is 5.32 Å². The third kappa shape index (κ3) is 5.37. The van der Waals surface area contributed by atoms with E-state index in [4.69, 9.17) is 25.8 Å². The highest BCUT2D eigenvalue weighted by Crippen LogP contribution is 2.28. The maximum Gasteiger partial charge on any atom is 0.339 e. The number of aryl methyl sites for hydroxylation is 1. The van der Waals surface area contributed by atoms with E-state index in [9.17, 15) is 9.59 Å². The number of nitrogens with one attached hydrogen (secondary N) is 1. The van der Waals surface area contributed by atoms with E-state index < -0.39 is 18.0 Å². The van der Waals surface area contributed by atoms with Crippen LogP contribution >= 0.6 is 11.6 Å². The Labute approximate surface area is 163 Å². The maximum atomic E-state index is 12.4. The lowest BCUT2D eigenvalue weighted by atomic mass is 10.2. The number of carbonyl (C=O) groups excluding carboxylic acids is 2. The van der Waals surface area contributed by atoms with Gasteiger partial charge in [-0.2, -0.15) is 0 Å². The highest BCUT2D eigenvalue weighted by Gasteiger charge is 2.21. The monoisotopic (exact) mass is 391 g/mol. The van der Waals surface area contributed by atoms with Crippen molar-refractivity contribution in [1.29, 1.82) is 0 Å². The van der Waals surface area contributed by atoms with E-state index in [-0.39, 0.29) is 5.56 Å². The van der Waals surface area contributed by atoms with E-state index in [0.717, 1.165) is 5.56 Å². The Balaban J connectivity index is 2.07. The van der Waals surface area contributed by atoms with Gasteiger partial charge in [-0.05, 0) is 56.7 Å². The Morgan fingerprint density at radius 2 is 1.89 bits per heavy atom. The van der Waals surface area contributed by atoms with Crippen LogP contribution < -0.4 is 14.8 Å². The summed E-state index contributed by atoms with van der Waals surface area (Å²) in [5.41, 5.74) is 1.68. The second-order valence-corrected chi connectivity index (χ2v) is 6.23. The number of carbonyl (C=O) groups is 2. The van der Waals surface area contributed by atoms with Gasteiger partial charge in [0.05, 0.1) is 19.3 Å². The molecule has 0 aromatic heterocycles. The molecular formula is C20H22ClNO5. The standard InChI is InChI=1S/C20H22ClNO5/c1-5-26-18-10-14(7-9-17(18)25-4)20(24)27-13(3)19(23)22-16-11-15(21)8-6-12(16)2/h6-11,13H,5H2,1-4H3,(H,22,23). The normalized spacial score (nSPS) is 11.4. The predicted molar refractivity (Wildman–Crippen MR) is 104 cm³/mol. The van der Waals surface area contributed by atoms with Gasteiger partial charge in [0.25, 0.3) is 5.91 Å². The summed E-state index contributed by atoms with van der Waals surface area (Å²) < 4.78 is 15.9. The molecule has 0 aliphatic heterocycles. The van der Waals surface area contributed by atoms with Crippen LogP contribution in [0.2, 0.25) is 5.02 Å². The van der Waals surface area contributed by atoms with Gasteiger partial charge in [0.15, 0.2) is 17.6 Å². The minimum atomic E-state index is -0.992. The number of methoxy groups -OCH3 is 1. The number of benzene rings is 2. The molecular weight excluding hydrogens is 370 g/mol. The molecule has 2 aromatic carbocycles. The molecule has 1 atom stereocenters. The Morgan fingerprint density at radius 1 is 1.15 bits per heavy atom. The van der Waals surface area contributed by atoms with Gasteiger partial charge < -0.3 is 19.5 Å². The van der Waals surface area contributed by atoms with Crippen molar-refractivity contribution in [3.63, 3.8) is 0 Å². The lowest BCUT2D eigenvalue weighted by Gasteiger charge is -2.16. The molecule has 2 aromatic rings. The molecule has 0 saturated heterocycles. The molecule has 7 heteroatoms. The first-order valence-electron chi connectivity index (χ1n) is 8.44. The zero-order valence-electron chi connectivity index (χ0n) is 15.7. The summed E-state index contributed by atoms with van der Waals surface area (Å²) in [6.45, 7) is 5.59. The number of esters is 1. The van der Waals surface area contributed by atoms with Gasteiger partial charge in [0.1, 0.15) is 0 Å². The number of anilines is 1. The van der Waals surface area contributed by atoms with Crippen LogP contribution in [0.25, 0.3) is 0 Å². The average Bonchev–Trinajstić information content (AvgIpc) is 2.64. The van der Waals surface area contributed by atoms with Crippen molar-refractivity contribution in [3.8, 4) is 11.5 Å². The molecule has 0 aliphatic rings. The van der Waals surface area contributed by atoms with Crippen LogP contribution in [0, 0.1) is 6.92 Å². The number of hydrogen-bond acceptors (Lipinski definition) is 5. The quantitative estimate of drug-likeness (QED) is 0.714. The fourth-order valence-electron chi connectivity index (χ4n) is 2.32. The summed E-state index contributed by atoms with van der Waals surface area (Å²) in [5.74, 6) is -0.145. The lowest BCUT2D eigenvalue weighted by molar-refractivity contribution is -0.123. The highest BCUT2D eigenvalue weighted by molar-refractivity contribution is 6.31. The summed E-state index contributed by atoms with van der Waals surface area (Å²) in [7, 11) is 1.51. The fourth-order valence-corrected chi connectivity index (χ4v) is 2.49. The molecule has 1 N–H and O–H groups in total. The molecule has 144 valence electrons. The van der Waals surface area contributed by atoms with Crippen molar-refractivity contribution < 1.29 is 23.8 Å². The van der Waals surface area contributed by atoms with E-state index in [1.807, 2.05) is 13.8 Å². The molecule has 0 heterocycles. The second-order valence-electron chi connectivity index (χ2n) is 5.79. The zero-order chi connectivity index (χ0) is 20.0. The predicted octanol–water partition coefficient (Wildman–Crippen LogP) is 4.24. The molecule has 0 bridgehead atoms. The van der Waals surface area contributed by atoms with E-state index >= 15 is 0 Å². The molecule has 1 amide bonds. The van der Waals surface area contributed by atoms with E-state index in [1.165, 1.54) is 20.1 Å². The number of halogens is 1. The fraction of sp³-hybridized carbons (Fsp3) is 0.300. The zero-order valence-corrected chi connectivity index (χ0v) is 16.4. The molecule has 0 fully saturated rings. The molecule has 0 radical (unpaired) electrons. The molecule has 2 rings (SSSR count). The van der Waals surface area contributed by atoms with Gasteiger partial charge in [-0.25, -0.2) is 4.79 Å². The van der Waals surface area contributed by atoms with Crippen LogP contribution in [-0.2, 0) is 9.53 Å². The Hall–Kier alpha value is -2.73. The third-order valence-corrected chi connectivity index (χ3v) is 4.04. The molecule has 6 nitrogen and oxygen atoms in total. The summed E-state index contributed by atoms with van der Waals surface area (Å²) in [6, 6.07) is 9.85. The summed E-state index contributed by atoms with van der Waals surface area (Å²) >= 11 is 5.95. The van der Waals surface area contributed by atoms with Crippen molar-refractivity contribution in [2.75, 3.05) is 19.0 Å². The molecule has 0 spiro atoms. The first kappa shape index (κ1) is 20.6. The molecule has 0 aliphatic carbocycles. The largest absolute Gasteiger partial charge is 0.493 e. The maximum absolute atomic E-state index is 12.4. The van der Waals surface area contributed by atoms with Crippen LogP contribution in [0.5, 0.6) is 11.5 Å². The minimum absolute atomic E-state index is 0.262. The first-order chi connectivity index (χ1) is 12.8. The van der Waals surface area contributed by atoms with Gasteiger partial charge in [-0.15, -0.1) is 0 Å². The van der Waals surface area contributed by atoms with Crippen LogP contribution in [0.15, 0.2) is 36.4 Å². The number of rotatable bonds is 7. The SMILES string of the molecule is CCOc1cc(C(=O)OC(C)C(=O)Nc2cc(Cl)ccc2C)ccc1OC. The highest BCUT2D eigenvalue weighted by atomic mass is 35.5. The van der Waals surface area contributed by atoms with Crippen molar-refractivity contribution in [3.05, 3.63) is 52.5 Å². The van der Waals surface area contributed by atoms with Gasteiger partial charge in [0, 0.05) is 10.7 Å². The van der Waals surface area contributed by atoms with Gasteiger partial charge >= 0.3 is 5.97 Å². The van der Waals surface area contributed by atoms with E-state index in [1.54, 1.807) is 30.3 Å². The molecule has 0 saturated carbocycles. The van der Waals surface area contributed by atoms with Gasteiger partial charge in [-0.1, -0.05) is 17.7 Å². The summed E-state index contributed by atoms with van der Waals surface area (Å²) in [6.07, 6.45) is -0.992. The van der Waals surface area contributed by atoms with Crippen molar-refractivity contribution in [2.45, 2.75) is 26.9 Å². The van der Waals surface area contributed by atoms with Gasteiger partial charge in [0.2, 0.25) is 0 Å². The second kappa shape index (κ2) is 9.28.